The molecule has 0 bridgehead atoms. The lowest BCUT2D eigenvalue weighted by Crippen LogP contribution is -2.15. The van der Waals surface area contributed by atoms with Crippen LogP contribution < -0.4 is 11.1 Å². The first-order chi connectivity index (χ1) is 8.99. The first-order valence-corrected chi connectivity index (χ1v) is 6.64. The first-order valence-electron chi connectivity index (χ1n) is 5.48. The summed E-state index contributed by atoms with van der Waals surface area (Å²) in [7, 11) is 0. The van der Waals surface area contributed by atoms with Crippen LogP contribution in [0.2, 0.25) is 0 Å². The maximum Gasteiger partial charge on any atom is 0.304 e. The van der Waals surface area contributed by atoms with E-state index in [1.807, 2.05) is 0 Å². The second-order valence-electron chi connectivity index (χ2n) is 3.69. The quantitative estimate of drug-likeness (QED) is 0.644. The van der Waals surface area contributed by atoms with Crippen LogP contribution in [-0.2, 0) is 9.59 Å². The molecule has 1 rings (SSSR count). The van der Waals surface area contributed by atoms with Gasteiger partial charge in [0.25, 0.3) is 0 Å². The molecular weight excluding hydrogens is 268 g/mol. The average Bonchev–Trinajstić information content (AvgIpc) is 2.35. The number of nitrogens with two attached hydrogens (primary N) is 1. The van der Waals surface area contributed by atoms with E-state index in [0.717, 1.165) is 0 Å². The highest BCUT2D eigenvalue weighted by atomic mass is 32.2. The molecule has 102 valence electrons. The number of carbonyl (C=O) groups excluding carboxylic acids is 2. The number of carbonyl (C=O) groups is 3. The van der Waals surface area contributed by atoms with Crippen molar-refractivity contribution in [1.29, 1.82) is 0 Å². The second kappa shape index (κ2) is 7.42. The maximum absolute atomic E-state index is 11.5. The Kier molecular flexibility index (Phi) is 5.87. The van der Waals surface area contributed by atoms with E-state index in [1.54, 1.807) is 12.1 Å². The molecule has 0 unspecified atom stereocenters. The van der Waals surface area contributed by atoms with Crippen LogP contribution in [0.25, 0.3) is 0 Å². The predicted octanol–water partition coefficient (Wildman–Crippen LogP) is 0.932. The lowest BCUT2D eigenvalue weighted by Gasteiger charge is -2.05. The fourth-order valence-electron chi connectivity index (χ4n) is 1.24. The van der Waals surface area contributed by atoms with Crippen LogP contribution in [0, 0.1) is 0 Å². The van der Waals surface area contributed by atoms with Gasteiger partial charge in [0.2, 0.25) is 11.8 Å². The monoisotopic (exact) mass is 282 g/mol. The van der Waals surface area contributed by atoms with Gasteiger partial charge in [-0.3, -0.25) is 14.4 Å². The zero-order valence-electron chi connectivity index (χ0n) is 10.1. The van der Waals surface area contributed by atoms with E-state index in [2.05, 4.69) is 5.32 Å². The summed E-state index contributed by atoms with van der Waals surface area (Å²) in [4.78, 5) is 32.6. The fraction of sp³-hybridized carbons (Fsp3) is 0.250. The van der Waals surface area contributed by atoms with Crippen molar-refractivity contribution in [1.82, 2.24) is 0 Å². The number of aliphatic carboxylic acids is 1. The van der Waals surface area contributed by atoms with E-state index in [0.29, 0.717) is 17.0 Å². The fourth-order valence-corrected chi connectivity index (χ4v) is 1.96. The van der Waals surface area contributed by atoms with Crippen LogP contribution in [0.4, 0.5) is 5.69 Å². The number of nitrogens with one attached hydrogen (secondary N) is 1. The molecule has 6 nitrogen and oxygen atoms in total. The topological polar surface area (TPSA) is 109 Å². The number of hydrogen-bond acceptors (Lipinski definition) is 4. The van der Waals surface area contributed by atoms with Gasteiger partial charge in [-0.05, 0) is 24.3 Å². The minimum absolute atomic E-state index is 0.0330. The first kappa shape index (κ1) is 15.0. The Morgan fingerprint density at radius 3 is 2.37 bits per heavy atom. The molecule has 4 N–H and O–H groups in total. The van der Waals surface area contributed by atoms with Gasteiger partial charge in [0.1, 0.15) is 0 Å². The molecule has 0 heterocycles. The number of thioether (sulfide) groups is 1. The van der Waals surface area contributed by atoms with Gasteiger partial charge in [0.15, 0.2) is 0 Å². The number of benzene rings is 1. The molecule has 19 heavy (non-hydrogen) atoms. The van der Waals surface area contributed by atoms with E-state index >= 15 is 0 Å². The van der Waals surface area contributed by atoms with Gasteiger partial charge in [-0.25, -0.2) is 0 Å². The summed E-state index contributed by atoms with van der Waals surface area (Å²) in [6.45, 7) is 0. The molecule has 0 aliphatic rings. The molecule has 0 aromatic heterocycles. The van der Waals surface area contributed by atoms with Gasteiger partial charge < -0.3 is 16.2 Å². The van der Waals surface area contributed by atoms with Crippen molar-refractivity contribution in [3.63, 3.8) is 0 Å². The molecule has 0 atom stereocenters. The van der Waals surface area contributed by atoms with Gasteiger partial charge in [0.05, 0.1) is 12.2 Å². The Morgan fingerprint density at radius 2 is 1.84 bits per heavy atom. The number of rotatable bonds is 7. The van der Waals surface area contributed by atoms with Crippen LogP contribution >= 0.6 is 11.8 Å². The smallest absolute Gasteiger partial charge is 0.304 e. The highest BCUT2D eigenvalue weighted by Gasteiger charge is 2.05. The van der Waals surface area contributed by atoms with E-state index in [-0.39, 0.29) is 18.1 Å². The van der Waals surface area contributed by atoms with E-state index < -0.39 is 11.9 Å². The minimum Gasteiger partial charge on any atom is -0.481 e. The third-order valence-corrected chi connectivity index (χ3v) is 3.11. The van der Waals surface area contributed by atoms with Crippen LogP contribution in [0.15, 0.2) is 24.3 Å². The summed E-state index contributed by atoms with van der Waals surface area (Å²) in [5, 5.41) is 11.1. The summed E-state index contributed by atoms with van der Waals surface area (Å²) >= 11 is 1.25. The van der Waals surface area contributed by atoms with Crippen molar-refractivity contribution in [2.24, 2.45) is 5.73 Å². The summed E-state index contributed by atoms with van der Waals surface area (Å²) in [6.07, 6.45) is 0.0330. The van der Waals surface area contributed by atoms with Gasteiger partial charge in [-0.1, -0.05) is 0 Å². The lowest BCUT2D eigenvalue weighted by atomic mass is 10.2. The zero-order chi connectivity index (χ0) is 14.3. The Hall–Kier alpha value is -2.02. The van der Waals surface area contributed by atoms with Crippen molar-refractivity contribution in [3.8, 4) is 0 Å². The molecule has 0 saturated heterocycles. The van der Waals surface area contributed by atoms with Gasteiger partial charge in [0, 0.05) is 17.0 Å². The minimum atomic E-state index is -0.880. The highest BCUT2D eigenvalue weighted by molar-refractivity contribution is 7.99. The number of carboxylic acid groups (broad SMARTS) is 1. The molecule has 0 fully saturated rings. The predicted molar refractivity (Wildman–Crippen MR) is 73.2 cm³/mol. The number of hydrogen-bond donors (Lipinski definition) is 3. The molecule has 1 aromatic rings. The maximum atomic E-state index is 11.5. The van der Waals surface area contributed by atoms with E-state index in [4.69, 9.17) is 10.8 Å². The number of carboxylic acids is 1. The van der Waals surface area contributed by atoms with Gasteiger partial charge in [-0.15, -0.1) is 0 Å². The van der Waals surface area contributed by atoms with Crippen LogP contribution in [0.1, 0.15) is 16.8 Å². The van der Waals surface area contributed by atoms with Crippen molar-refractivity contribution in [3.05, 3.63) is 29.8 Å². The lowest BCUT2D eigenvalue weighted by molar-refractivity contribution is -0.136. The molecule has 2 amide bonds. The third-order valence-electron chi connectivity index (χ3n) is 2.15. The van der Waals surface area contributed by atoms with E-state index in [9.17, 15) is 14.4 Å². The van der Waals surface area contributed by atoms with E-state index in [1.165, 1.54) is 23.9 Å². The van der Waals surface area contributed by atoms with Gasteiger partial charge >= 0.3 is 5.97 Å². The molecule has 1 aromatic carbocycles. The molecule has 0 spiro atoms. The summed E-state index contributed by atoms with van der Waals surface area (Å²) < 4.78 is 0. The summed E-state index contributed by atoms with van der Waals surface area (Å²) in [5.74, 6) is -1.05. The molecule has 0 aliphatic carbocycles. The Morgan fingerprint density at radius 1 is 1.21 bits per heavy atom. The largest absolute Gasteiger partial charge is 0.481 e. The molecule has 7 heteroatoms. The molecule has 0 aliphatic heterocycles. The number of anilines is 1. The SMILES string of the molecule is NC(=O)c1ccc(NC(=O)CSCCC(=O)O)cc1. The third kappa shape index (κ3) is 5.91. The van der Waals surface area contributed by atoms with Crippen molar-refractivity contribution in [2.45, 2.75) is 6.42 Å². The van der Waals surface area contributed by atoms with Crippen LogP contribution in [0.5, 0.6) is 0 Å². The molecule has 0 saturated carbocycles. The average molecular weight is 282 g/mol. The van der Waals surface area contributed by atoms with Crippen LogP contribution in [-0.4, -0.2) is 34.4 Å². The van der Waals surface area contributed by atoms with Gasteiger partial charge in [-0.2, -0.15) is 11.8 Å². The second-order valence-corrected chi connectivity index (χ2v) is 4.79. The Bertz CT molecular complexity index is 473. The van der Waals surface area contributed by atoms with Crippen molar-refractivity contribution >= 4 is 35.2 Å². The number of primary amides is 1. The van der Waals surface area contributed by atoms with Crippen molar-refractivity contribution in [2.75, 3.05) is 16.8 Å². The Balaban J connectivity index is 2.35. The number of amides is 2. The normalized spacial score (nSPS) is 9.89. The zero-order valence-corrected chi connectivity index (χ0v) is 10.9. The standard InChI is InChI=1S/C12H14N2O4S/c13-12(18)8-1-3-9(4-2-8)14-10(15)7-19-6-5-11(16)17/h1-4H,5-7H2,(H2,13,18)(H,14,15)(H,16,17). The summed E-state index contributed by atoms with van der Waals surface area (Å²) in [6, 6.07) is 6.21. The van der Waals surface area contributed by atoms with Crippen LogP contribution in [0.3, 0.4) is 0 Å². The molecule has 0 radical (unpaired) electrons. The molecular formula is C12H14N2O4S. The highest BCUT2D eigenvalue weighted by Crippen LogP contribution is 2.10. The van der Waals surface area contributed by atoms with Crippen molar-refractivity contribution < 1.29 is 19.5 Å². The summed E-state index contributed by atoms with van der Waals surface area (Å²) in [5.41, 5.74) is 6.03. The Labute approximate surface area is 114 Å².